The Morgan fingerprint density at radius 1 is 1.44 bits per heavy atom. The highest BCUT2D eigenvalue weighted by atomic mass is 79.9. The molecule has 0 aliphatic heterocycles. The highest BCUT2D eigenvalue weighted by molar-refractivity contribution is 9.10. The third-order valence-corrected chi connectivity index (χ3v) is 6.68. The van der Waals surface area contributed by atoms with E-state index in [0.29, 0.717) is 0 Å². The van der Waals surface area contributed by atoms with Crippen molar-refractivity contribution >= 4 is 27.7 Å². The van der Waals surface area contributed by atoms with Crippen molar-refractivity contribution in [3.8, 4) is 11.5 Å². The average molecular weight is 439 g/mol. The maximum absolute atomic E-state index is 15.1. The van der Waals surface area contributed by atoms with Crippen molar-refractivity contribution in [2.75, 3.05) is 5.32 Å². The Morgan fingerprint density at radius 2 is 2.19 bits per heavy atom. The molecule has 7 nitrogen and oxygen atoms in total. The predicted molar refractivity (Wildman–Crippen MR) is 98.4 cm³/mol. The zero-order chi connectivity index (χ0) is 19.2. The molecular weight excluding hydrogens is 419 g/mol. The lowest BCUT2D eigenvalue weighted by Gasteiger charge is -2.55. The number of carboxylic acids is 1. The summed E-state index contributed by atoms with van der Waals surface area (Å²) in [5, 5.41) is 16.6. The van der Waals surface area contributed by atoms with Gasteiger partial charge in [-0.25, -0.2) is 14.4 Å². The van der Waals surface area contributed by atoms with E-state index >= 15 is 4.39 Å². The monoisotopic (exact) mass is 438 g/mol. The molecule has 2 bridgehead atoms. The molecule has 3 aliphatic carbocycles. The molecule has 2 atom stereocenters. The van der Waals surface area contributed by atoms with Crippen LogP contribution in [0.1, 0.15) is 39.0 Å². The molecule has 0 amide bonds. The van der Waals surface area contributed by atoms with Crippen LogP contribution in [0.3, 0.4) is 0 Å². The molecule has 9 heteroatoms. The molecule has 5 rings (SSSR count). The average Bonchev–Trinajstić information content (AvgIpc) is 3.19. The molecule has 3 saturated carbocycles. The van der Waals surface area contributed by atoms with E-state index < -0.39 is 17.7 Å². The smallest absolute Gasteiger partial charge is 0.309 e. The number of anilines is 1. The van der Waals surface area contributed by atoms with Gasteiger partial charge in [-0.15, -0.1) is 0 Å². The number of carbonyl (C=O) groups is 1. The topological polar surface area (TPSA) is 101 Å². The van der Waals surface area contributed by atoms with Gasteiger partial charge in [0, 0.05) is 12.1 Å². The third kappa shape index (κ3) is 3.01. The molecule has 0 unspecified atom stereocenters. The number of nitrogens with zero attached hydrogens (tertiary/aromatic N) is 3. The van der Waals surface area contributed by atoms with Crippen molar-refractivity contribution in [2.45, 2.75) is 45.1 Å². The van der Waals surface area contributed by atoms with E-state index in [1.165, 1.54) is 12.3 Å². The second-order valence-electron chi connectivity index (χ2n) is 7.42. The molecule has 3 aliphatic rings. The van der Waals surface area contributed by atoms with Gasteiger partial charge in [0.2, 0.25) is 0 Å². The Labute approximate surface area is 163 Å². The van der Waals surface area contributed by atoms with Gasteiger partial charge < -0.3 is 14.9 Å². The van der Waals surface area contributed by atoms with Crippen molar-refractivity contribution in [3.63, 3.8) is 0 Å². The molecule has 2 heterocycles. The Hall–Kier alpha value is -2.03. The summed E-state index contributed by atoms with van der Waals surface area (Å²) >= 11 is 3.20. The van der Waals surface area contributed by atoms with Gasteiger partial charge in [-0.2, -0.15) is 0 Å². The van der Waals surface area contributed by atoms with Crippen LogP contribution in [0.4, 0.5) is 10.2 Å². The molecule has 0 radical (unpaired) electrons. The molecule has 3 fully saturated rings. The number of nitrogens with one attached hydrogen (secondary N) is 1. The minimum absolute atomic E-state index is 0.0154. The van der Waals surface area contributed by atoms with Crippen LogP contribution in [0.15, 0.2) is 21.5 Å². The Morgan fingerprint density at radius 3 is 2.78 bits per heavy atom. The van der Waals surface area contributed by atoms with Gasteiger partial charge in [-0.3, -0.25) is 4.79 Å². The van der Waals surface area contributed by atoms with Crippen LogP contribution in [0.25, 0.3) is 11.5 Å². The highest BCUT2D eigenvalue weighted by Gasteiger charge is 2.55. The van der Waals surface area contributed by atoms with Crippen LogP contribution in [0, 0.1) is 23.1 Å². The van der Waals surface area contributed by atoms with E-state index in [1.807, 2.05) is 6.92 Å². The Bertz CT molecular complexity index is 853. The minimum Gasteiger partial charge on any atom is -0.481 e. The maximum atomic E-state index is 15.1. The van der Waals surface area contributed by atoms with Crippen LogP contribution in [-0.2, 0) is 4.79 Å². The molecule has 27 heavy (non-hydrogen) atoms. The van der Waals surface area contributed by atoms with Crippen LogP contribution in [0.2, 0.25) is 0 Å². The van der Waals surface area contributed by atoms with E-state index in [1.54, 1.807) is 0 Å². The zero-order valence-corrected chi connectivity index (χ0v) is 16.4. The van der Waals surface area contributed by atoms with Crippen LogP contribution >= 0.6 is 15.9 Å². The largest absolute Gasteiger partial charge is 0.481 e. The molecule has 144 valence electrons. The van der Waals surface area contributed by atoms with Crippen LogP contribution in [0.5, 0.6) is 0 Å². The SMILES string of the molecule is CCC12CCC(CC1)[C@H](Nc1nc(Br)nc(-c3ccno3)c1F)[C@H]2C(=O)O. The van der Waals surface area contributed by atoms with Crippen LogP contribution in [-0.4, -0.2) is 32.2 Å². The summed E-state index contributed by atoms with van der Waals surface area (Å²) in [6.07, 6.45) is 5.90. The minimum atomic E-state index is -0.831. The van der Waals surface area contributed by atoms with Crippen molar-refractivity contribution in [1.29, 1.82) is 0 Å². The first-order chi connectivity index (χ1) is 12.9. The predicted octanol–water partition coefficient (Wildman–Crippen LogP) is 4.11. The van der Waals surface area contributed by atoms with E-state index in [-0.39, 0.29) is 39.4 Å². The summed E-state index contributed by atoms with van der Waals surface area (Å²) in [7, 11) is 0. The summed E-state index contributed by atoms with van der Waals surface area (Å²) in [6, 6.07) is 1.14. The van der Waals surface area contributed by atoms with Crippen molar-refractivity contribution < 1.29 is 18.8 Å². The zero-order valence-electron chi connectivity index (χ0n) is 14.8. The summed E-state index contributed by atoms with van der Waals surface area (Å²) in [5.41, 5.74) is -0.262. The Kier molecular flexibility index (Phi) is 4.65. The van der Waals surface area contributed by atoms with Crippen molar-refractivity contribution in [3.05, 3.63) is 22.8 Å². The second kappa shape index (κ2) is 6.85. The highest BCUT2D eigenvalue weighted by Crippen LogP contribution is 2.56. The third-order valence-electron chi connectivity index (χ3n) is 6.32. The van der Waals surface area contributed by atoms with Gasteiger partial charge in [0.1, 0.15) is 0 Å². The van der Waals surface area contributed by atoms with E-state index in [2.05, 4.69) is 36.4 Å². The number of hydrogen-bond acceptors (Lipinski definition) is 6. The molecule has 2 aromatic heterocycles. The molecular formula is C18H20BrFN4O3. The Balaban J connectivity index is 1.72. The second-order valence-corrected chi connectivity index (χ2v) is 8.13. The first kappa shape index (κ1) is 18.3. The van der Waals surface area contributed by atoms with E-state index in [4.69, 9.17) is 4.52 Å². The lowest BCUT2D eigenvalue weighted by molar-refractivity contribution is -0.155. The summed E-state index contributed by atoms with van der Waals surface area (Å²) in [4.78, 5) is 20.3. The fourth-order valence-corrected chi connectivity index (χ4v) is 5.26. The van der Waals surface area contributed by atoms with Gasteiger partial charge >= 0.3 is 5.97 Å². The van der Waals surface area contributed by atoms with Gasteiger partial charge in [-0.1, -0.05) is 12.1 Å². The quantitative estimate of drug-likeness (QED) is 0.676. The fraction of sp³-hybridized carbons (Fsp3) is 0.556. The fourth-order valence-electron chi connectivity index (χ4n) is 4.90. The lowest BCUT2D eigenvalue weighted by Crippen LogP contribution is -2.57. The van der Waals surface area contributed by atoms with E-state index in [9.17, 15) is 9.90 Å². The molecule has 2 aromatic rings. The van der Waals surface area contributed by atoms with Crippen LogP contribution < -0.4 is 5.32 Å². The number of hydrogen-bond donors (Lipinski definition) is 2. The standard InChI is InChI=1S/C18H20BrFN4O3/c1-2-18-6-3-9(4-7-18)13(11(18)16(25)26)22-15-12(20)14(23-17(19)24-15)10-5-8-21-27-10/h5,8-9,11,13H,2-4,6-7H2,1H3,(H,25,26)(H,22,23,24)/t9?,11-,13-,18?/m0/s1. The van der Waals surface area contributed by atoms with E-state index in [0.717, 1.165) is 32.1 Å². The first-order valence-electron chi connectivity index (χ1n) is 9.08. The summed E-state index contributed by atoms with van der Waals surface area (Å²) < 4.78 is 20.3. The number of fused-ring (bicyclic) bond motifs is 3. The molecule has 0 spiro atoms. The van der Waals surface area contributed by atoms with Crippen molar-refractivity contribution in [2.24, 2.45) is 17.3 Å². The van der Waals surface area contributed by atoms with Crippen molar-refractivity contribution in [1.82, 2.24) is 15.1 Å². The lowest BCUT2D eigenvalue weighted by atomic mass is 9.52. The number of carboxylic acid groups (broad SMARTS) is 1. The van der Waals surface area contributed by atoms with Gasteiger partial charge in [0.05, 0.1) is 12.1 Å². The summed E-state index contributed by atoms with van der Waals surface area (Å²) in [6.45, 7) is 2.04. The molecule has 0 aromatic carbocycles. The van der Waals surface area contributed by atoms with Gasteiger partial charge in [0.15, 0.2) is 27.8 Å². The number of aromatic nitrogens is 3. The number of halogens is 2. The van der Waals surface area contributed by atoms with Gasteiger partial charge in [-0.05, 0) is 59.4 Å². The maximum Gasteiger partial charge on any atom is 0.309 e. The summed E-state index contributed by atoms with van der Waals surface area (Å²) in [5.74, 6) is -1.73. The van der Waals surface area contributed by atoms with Gasteiger partial charge in [0.25, 0.3) is 0 Å². The normalized spacial score (nSPS) is 29.7. The first-order valence-corrected chi connectivity index (χ1v) is 9.88. The molecule has 0 saturated heterocycles. The number of aliphatic carboxylic acids is 1. The molecule has 2 N–H and O–H groups in total. The number of rotatable bonds is 5.